The number of nitrogens with one attached hydrogen (secondary N) is 1. The predicted molar refractivity (Wildman–Crippen MR) is 117 cm³/mol. The fourth-order valence-corrected chi connectivity index (χ4v) is 5.45. The highest BCUT2D eigenvalue weighted by Crippen LogP contribution is 2.28. The van der Waals surface area contributed by atoms with Crippen molar-refractivity contribution in [2.24, 2.45) is 0 Å². The van der Waals surface area contributed by atoms with Crippen LogP contribution < -0.4 is 5.32 Å². The van der Waals surface area contributed by atoms with Gasteiger partial charge in [-0.05, 0) is 61.2 Å². The van der Waals surface area contributed by atoms with Crippen LogP contribution in [-0.2, 0) is 21.2 Å². The Hall–Kier alpha value is -1.89. The summed E-state index contributed by atoms with van der Waals surface area (Å²) in [6, 6.07) is 13.5. The number of nitrogens with zero attached hydrogens (tertiary/aromatic N) is 1. The van der Waals surface area contributed by atoms with E-state index < -0.39 is 10.0 Å². The standard InChI is InChI=1S/C22H27ClN2O3S/c1-2-17-8-12-19(13-9-17)24-22(26)16-25(20-6-4-3-5-7-20)29(27,28)21-14-10-18(23)11-15-21/h8-15,20H,2-7,16H2,1H3,(H,24,26). The van der Waals surface area contributed by atoms with Gasteiger partial charge >= 0.3 is 0 Å². The number of aryl methyl sites for hydroxylation is 1. The second-order valence-corrected chi connectivity index (χ2v) is 9.72. The summed E-state index contributed by atoms with van der Waals surface area (Å²) in [5.74, 6) is -0.336. The van der Waals surface area contributed by atoms with Gasteiger partial charge in [0.15, 0.2) is 0 Å². The molecule has 0 aromatic heterocycles. The number of halogens is 1. The summed E-state index contributed by atoms with van der Waals surface area (Å²) in [5, 5.41) is 3.30. The summed E-state index contributed by atoms with van der Waals surface area (Å²) in [4.78, 5) is 12.9. The van der Waals surface area contributed by atoms with Crippen LogP contribution in [0.5, 0.6) is 0 Å². The van der Waals surface area contributed by atoms with E-state index in [-0.39, 0.29) is 23.4 Å². The number of carbonyl (C=O) groups excluding carboxylic acids is 1. The number of benzene rings is 2. The average molecular weight is 435 g/mol. The number of anilines is 1. The molecule has 156 valence electrons. The third-order valence-electron chi connectivity index (χ3n) is 5.35. The van der Waals surface area contributed by atoms with E-state index in [1.165, 1.54) is 22.0 Å². The number of rotatable bonds is 7. The summed E-state index contributed by atoms with van der Waals surface area (Å²) in [7, 11) is -3.80. The SMILES string of the molecule is CCc1ccc(NC(=O)CN(C2CCCCC2)S(=O)(=O)c2ccc(Cl)cc2)cc1. The zero-order valence-electron chi connectivity index (χ0n) is 16.6. The lowest BCUT2D eigenvalue weighted by molar-refractivity contribution is -0.116. The van der Waals surface area contributed by atoms with E-state index in [2.05, 4.69) is 12.2 Å². The Labute approximate surface area is 178 Å². The number of amides is 1. The summed E-state index contributed by atoms with van der Waals surface area (Å²) in [6.45, 7) is 1.86. The largest absolute Gasteiger partial charge is 0.325 e. The highest BCUT2D eigenvalue weighted by atomic mass is 35.5. The molecule has 1 saturated carbocycles. The van der Waals surface area contributed by atoms with Gasteiger partial charge in [0.25, 0.3) is 0 Å². The molecular formula is C22H27ClN2O3S. The van der Waals surface area contributed by atoms with Crippen LogP contribution in [0.3, 0.4) is 0 Å². The van der Waals surface area contributed by atoms with Crippen molar-refractivity contribution in [3.8, 4) is 0 Å². The van der Waals surface area contributed by atoms with Gasteiger partial charge in [-0.2, -0.15) is 4.31 Å². The van der Waals surface area contributed by atoms with E-state index in [0.29, 0.717) is 10.7 Å². The number of carbonyl (C=O) groups is 1. The fraction of sp³-hybridized carbons (Fsp3) is 0.409. The van der Waals surface area contributed by atoms with E-state index in [0.717, 1.165) is 38.5 Å². The first-order valence-electron chi connectivity index (χ1n) is 10.1. The lowest BCUT2D eigenvalue weighted by atomic mass is 9.95. The number of hydrogen-bond acceptors (Lipinski definition) is 3. The highest BCUT2D eigenvalue weighted by molar-refractivity contribution is 7.89. The van der Waals surface area contributed by atoms with E-state index in [1.807, 2.05) is 24.3 Å². The minimum Gasteiger partial charge on any atom is -0.325 e. The molecule has 7 heteroatoms. The van der Waals surface area contributed by atoms with Crippen molar-refractivity contribution in [3.63, 3.8) is 0 Å². The van der Waals surface area contributed by atoms with E-state index in [4.69, 9.17) is 11.6 Å². The molecule has 0 radical (unpaired) electrons. The maximum absolute atomic E-state index is 13.3. The lowest BCUT2D eigenvalue weighted by Gasteiger charge is -2.33. The molecule has 1 aliphatic rings. The Morgan fingerprint density at radius 1 is 1.03 bits per heavy atom. The summed E-state index contributed by atoms with van der Waals surface area (Å²) >= 11 is 5.91. The molecule has 1 amide bonds. The molecule has 0 saturated heterocycles. The van der Waals surface area contributed by atoms with Crippen LogP contribution in [0.15, 0.2) is 53.4 Å². The van der Waals surface area contributed by atoms with Gasteiger partial charge in [-0.1, -0.05) is 49.9 Å². The highest BCUT2D eigenvalue weighted by Gasteiger charge is 2.34. The quantitative estimate of drug-likeness (QED) is 0.676. The molecule has 1 N–H and O–H groups in total. The van der Waals surface area contributed by atoms with Crippen LogP contribution >= 0.6 is 11.6 Å². The predicted octanol–water partition coefficient (Wildman–Crippen LogP) is 4.86. The van der Waals surface area contributed by atoms with Crippen LogP contribution in [0.2, 0.25) is 5.02 Å². The summed E-state index contributed by atoms with van der Waals surface area (Å²) < 4.78 is 28.0. The topological polar surface area (TPSA) is 66.5 Å². The number of sulfonamides is 1. The average Bonchev–Trinajstić information content (AvgIpc) is 2.73. The van der Waals surface area contributed by atoms with E-state index in [1.54, 1.807) is 12.1 Å². The minimum absolute atomic E-state index is 0.160. The Kier molecular flexibility index (Phi) is 7.33. The Bertz CT molecular complexity index is 922. The molecule has 0 aliphatic heterocycles. The van der Waals surface area contributed by atoms with E-state index in [9.17, 15) is 13.2 Å². The molecule has 0 atom stereocenters. The minimum atomic E-state index is -3.80. The van der Waals surface area contributed by atoms with Crippen molar-refractivity contribution < 1.29 is 13.2 Å². The molecule has 2 aromatic carbocycles. The maximum atomic E-state index is 13.3. The van der Waals surface area contributed by atoms with Crippen molar-refractivity contribution in [1.29, 1.82) is 0 Å². The molecule has 1 fully saturated rings. The first-order valence-corrected chi connectivity index (χ1v) is 11.9. The fourth-order valence-electron chi connectivity index (χ4n) is 3.69. The van der Waals surface area contributed by atoms with Gasteiger partial charge in [0, 0.05) is 16.8 Å². The van der Waals surface area contributed by atoms with Gasteiger partial charge in [0.1, 0.15) is 0 Å². The Morgan fingerprint density at radius 2 is 1.66 bits per heavy atom. The molecule has 2 aromatic rings. The van der Waals surface area contributed by atoms with Crippen molar-refractivity contribution in [3.05, 3.63) is 59.1 Å². The van der Waals surface area contributed by atoms with Crippen LogP contribution in [0.25, 0.3) is 0 Å². The molecule has 0 unspecified atom stereocenters. The van der Waals surface area contributed by atoms with Gasteiger partial charge in [0.2, 0.25) is 15.9 Å². The van der Waals surface area contributed by atoms with Crippen molar-refractivity contribution in [2.45, 2.75) is 56.4 Å². The summed E-state index contributed by atoms with van der Waals surface area (Å²) in [6.07, 6.45) is 5.50. The van der Waals surface area contributed by atoms with Crippen LogP contribution in [-0.4, -0.2) is 31.2 Å². The number of hydrogen-bond donors (Lipinski definition) is 1. The van der Waals surface area contributed by atoms with Gasteiger partial charge < -0.3 is 5.32 Å². The first kappa shape index (κ1) is 21.8. The van der Waals surface area contributed by atoms with Gasteiger partial charge in [-0.15, -0.1) is 0 Å². The van der Waals surface area contributed by atoms with Crippen LogP contribution in [0, 0.1) is 0 Å². The summed E-state index contributed by atoms with van der Waals surface area (Å²) in [5.41, 5.74) is 1.84. The van der Waals surface area contributed by atoms with Gasteiger partial charge in [-0.25, -0.2) is 8.42 Å². The normalized spacial score (nSPS) is 15.4. The lowest BCUT2D eigenvalue weighted by Crippen LogP contribution is -2.45. The Balaban J connectivity index is 1.81. The van der Waals surface area contributed by atoms with Crippen molar-refractivity contribution in [1.82, 2.24) is 4.31 Å². The maximum Gasteiger partial charge on any atom is 0.243 e. The molecule has 0 heterocycles. The smallest absolute Gasteiger partial charge is 0.243 e. The molecule has 1 aliphatic carbocycles. The third kappa shape index (κ3) is 5.59. The zero-order valence-corrected chi connectivity index (χ0v) is 18.2. The van der Waals surface area contributed by atoms with Crippen molar-refractivity contribution in [2.75, 3.05) is 11.9 Å². The van der Waals surface area contributed by atoms with Gasteiger partial charge in [0.05, 0.1) is 11.4 Å². The second-order valence-electron chi connectivity index (χ2n) is 7.39. The van der Waals surface area contributed by atoms with Crippen LogP contribution in [0.1, 0.15) is 44.6 Å². The first-order chi connectivity index (χ1) is 13.9. The molecule has 29 heavy (non-hydrogen) atoms. The molecule has 5 nitrogen and oxygen atoms in total. The Morgan fingerprint density at radius 3 is 2.24 bits per heavy atom. The molecule has 0 spiro atoms. The zero-order chi connectivity index (χ0) is 20.9. The third-order valence-corrected chi connectivity index (χ3v) is 7.51. The molecule has 0 bridgehead atoms. The monoisotopic (exact) mass is 434 g/mol. The second kappa shape index (κ2) is 9.74. The van der Waals surface area contributed by atoms with E-state index >= 15 is 0 Å². The van der Waals surface area contributed by atoms with Crippen molar-refractivity contribution >= 4 is 33.2 Å². The molecule has 3 rings (SSSR count). The van der Waals surface area contributed by atoms with Gasteiger partial charge in [-0.3, -0.25) is 4.79 Å². The molecular weight excluding hydrogens is 408 g/mol. The van der Waals surface area contributed by atoms with Crippen LogP contribution in [0.4, 0.5) is 5.69 Å².